The van der Waals surface area contributed by atoms with Crippen molar-refractivity contribution < 1.29 is 19.1 Å². The molecule has 6 heteroatoms. The van der Waals surface area contributed by atoms with E-state index < -0.39 is 5.97 Å². The lowest BCUT2D eigenvalue weighted by Gasteiger charge is -2.04. The molecule has 0 atom stereocenters. The molecular weight excluding hydrogens is 320 g/mol. The standard InChI is InChI=1S/C19H16N2O4/c1-24-19(23)13-25-16-8-5-14(6-9-16)17(22)10-7-15-12-20-18-4-2-3-11-21(15)18/h2-12H,13H2,1H3. The van der Waals surface area contributed by atoms with Gasteiger partial charge < -0.3 is 13.9 Å². The van der Waals surface area contributed by atoms with E-state index in [1.165, 1.54) is 13.2 Å². The second-order valence-electron chi connectivity index (χ2n) is 5.20. The maximum absolute atomic E-state index is 12.3. The smallest absolute Gasteiger partial charge is 0.343 e. The summed E-state index contributed by atoms with van der Waals surface area (Å²) in [6.45, 7) is -0.169. The van der Waals surface area contributed by atoms with Gasteiger partial charge in [-0.2, -0.15) is 0 Å². The molecule has 0 saturated carbocycles. The largest absolute Gasteiger partial charge is 0.482 e. The molecule has 0 bridgehead atoms. The molecule has 0 amide bonds. The van der Waals surface area contributed by atoms with Crippen molar-refractivity contribution in [3.05, 3.63) is 72.2 Å². The van der Waals surface area contributed by atoms with E-state index in [2.05, 4.69) is 9.72 Å². The molecule has 6 nitrogen and oxygen atoms in total. The van der Waals surface area contributed by atoms with Gasteiger partial charge in [0.2, 0.25) is 0 Å². The number of carbonyl (C=O) groups excluding carboxylic acids is 2. The number of fused-ring (bicyclic) bond motifs is 1. The Kier molecular flexibility index (Phi) is 4.89. The first-order valence-corrected chi connectivity index (χ1v) is 7.61. The highest BCUT2D eigenvalue weighted by molar-refractivity contribution is 6.06. The molecule has 0 fully saturated rings. The maximum Gasteiger partial charge on any atom is 0.343 e. The van der Waals surface area contributed by atoms with Gasteiger partial charge in [0.25, 0.3) is 0 Å². The number of hydrogen-bond acceptors (Lipinski definition) is 5. The van der Waals surface area contributed by atoms with E-state index in [-0.39, 0.29) is 12.4 Å². The molecule has 2 heterocycles. The van der Waals surface area contributed by atoms with Gasteiger partial charge in [-0.15, -0.1) is 0 Å². The highest BCUT2D eigenvalue weighted by Crippen LogP contribution is 2.14. The number of methoxy groups -OCH3 is 1. The van der Waals surface area contributed by atoms with Crippen molar-refractivity contribution in [1.29, 1.82) is 0 Å². The Labute approximate surface area is 144 Å². The zero-order valence-corrected chi connectivity index (χ0v) is 13.6. The first-order valence-electron chi connectivity index (χ1n) is 7.61. The van der Waals surface area contributed by atoms with Gasteiger partial charge in [-0.1, -0.05) is 6.07 Å². The minimum absolute atomic E-state index is 0.134. The van der Waals surface area contributed by atoms with Crippen molar-refractivity contribution in [3.8, 4) is 5.75 Å². The molecule has 0 aliphatic heterocycles. The second-order valence-corrected chi connectivity index (χ2v) is 5.20. The van der Waals surface area contributed by atoms with Crippen LogP contribution in [-0.2, 0) is 9.53 Å². The molecule has 0 aliphatic carbocycles. The molecule has 126 valence electrons. The van der Waals surface area contributed by atoms with Crippen molar-refractivity contribution in [3.63, 3.8) is 0 Å². The molecule has 0 saturated heterocycles. The van der Waals surface area contributed by atoms with Crippen LogP contribution in [0.15, 0.2) is 60.9 Å². The van der Waals surface area contributed by atoms with Crippen LogP contribution in [0.25, 0.3) is 11.7 Å². The minimum Gasteiger partial charge on any atom is -0.482 e. The topological polar surface area (TPSA) is 69.9 Å². The van der Waals surface area contributed by atoms with Crippen LogP contribution in [0.4, 0.5) is 0 Å². The summed E-state index contributed by atoms with van der Waals surface area (Å²) < 4.78 is 11.6. The van der Waals surface area contributed by atoms with E-state index in [9.17, 15) is 9.59 Å². The van der Waals surface area contributed by atoms with Gasteiger partial charge >= 0.3 is 5.97 Å². The number of pyridine rings is 1. The molecule has 25 heavy (non-hydrogen) atoms. The molecule has 3 rings (SSSR count). The quantitative estimate of drug-likeness (QED) is 0.393. The van der Waals surface area contributed by atoms with E-state index in [0.29, 0.717) is 11.3 Å². The number of ether oxygens (including phenoxy) is 2. The monoisotopic (exact) mass is 336 g/mol. The number of imidazole rings is 1. The molecular formula is C19H16N2O4. The third-order valence-electron chi connectivity index (χ3n) is 3.57. The van der Waals surface area contributed by atoms with Gasteiger partial charge in [0, 0.05) is 11.8 Å². The average Bonchev–Trinajstić information content (AvgIpc) is 3.07. The Bertz CT molecular complexity index is 926. The van der Waals surface area contributed by atoms with Crippen molar-refractivity contribution in [1.82, 2.24) is 9.38 Å². The summed E-state index contributed by atoms with van der Waals surface area (Å²) in [7, 11) is 1.30. The number of rotatable bonds is 6. The number of nitrogens with zero attached hydrogens (tertiary/aromatic N) is 2. The number of esters is 1. The van der Waals surface area contributed by atoms with Crippen LogP contribution in [-0.4, -0.2) is 34.9 Å². The van der Waals surface area contributed by atoms with Crippen molar-refractivity contribution in [2.75, 3.05) is 13.7 Å². The third kappa shape index (κ3) is 3.92. The molecule has 0 unspecified atom stereocenters. The van der Waals surface area contributed by atoms with Gasteiger partial charge in [-0.05, 0) is 48.6 Å². The first-order chi connectivity index (χ1) is 12.2. The highest BCUT2D eigenvalue weighted by Gasteiger charge is 2.05. The minimum atomic E-state index is -0.462. The Balaban J connectivity index is 1.67. The Morgan fingerprint density at radius 2 is 1.96 bits per heavy atom. The number of benzene rings is 1. The van der Waals surface area contributed by atoms with E-state index >= 15 is 0 Å². The molecule has 2 aromatic heterocycles. The fraction of sp³-hybridized carbons (Fsp3) is 0.105. The second kappa shape index (κ2) is 7.44. The van der Waals surface area contributed by atoms with Crippen molar-refractivity contribution >= 4 is 23.5 Å². The van der Waals surface area contributed by atoms with Crippen LogP contribution in [0, 0.1) is 0 Å². The molecule has 0 N–H and O–H groups in total. The zero-order chi connectivity index (χ0) is 17.6. The normalized spacial score (nSPS) is 10.9. The van der Waals surface area contributed by atoms with E-state index in [1.807, 2.05) is 28.8 Å². The number of hydrogen-bond donors (Lipinski definition) is 0. The van der Waals surface area contributed by atoms with Gasteiger partial charge in [0.1, 0.15) is 11.4 Å². The van der Waals surface area contributed by atoms with Crippen molar-refractivity contribution in [2.45, 2.75) is 0 Å². The third-order valence-corrected chi connectivity index (χ3v) is 3.57. The summed E-state index contributed by atoms with van der Waals surface area (Å²) in [6.07, 6.45) is 6.83. The summed E-state index contributed by atoms with van der Waals surface area (Å²) in [6, 6.07) is 12.3. The molecule has 0 spiro atoms. The molecule has 0 radical (unpaired) electrons. The fourth-order valence-electron chi connectivity index (χ4n) is 2.25. The number of aromatic nitrogens is 2. The first kappa shape index (κ1) is 16.4. The fourth-order valence-corrected chi connectivity index (χ4v) is 2.25. The van der Waals surface area contributed by atoms with Crippen LogP contribution in [0.5, 0.6) is 5.75 Å². The Hall–Kier alpha value is -3.41. The van der Waals surface area contributed by atoms with Crippen LogP contribution in [0.2, 0.25) is 0 Å². The predicted molar refractivity (Wildman–Crippen MR) is 92.5 cm³/mol. The summed E-state index contributed by atoms with van der Waals surface area (Å²) in [5.41, 5.74) is 2.17. The maximum atomic E-state index is 12.3. The van der Waals surface area contributed by atoms with Crippen LogP contribution in [0.3, 0.4) is 0 Å². The molecule has 1 aromatic carbocycles. The summed E-state index contributed by atoms with van der Waals surface area (Å²) >= 11 is 0. The average molecular weight is 336 g/mol. The predicted octanol–water partition coefficient (Wildman–Crippen LogP) is 2.78. The lowest BCUT2D eigenvalue weighted by atomic mass is 10.1. The lowest BCUT2D eigenvalue weighted by Crippen LogP contribution is -2.12. The van der Waals surface area contributed by atoms with Gasteiger partial charge in [-0.3, -0.25) is 4.79 Å². The van der Waals surface area contributed by atoms with E-state index in [1.54, 1.807) is 36.5 Å². The lowest BCUT2D eigenvalue weighted by molar-refractivity contribution is -0.142. The van der Waals surface area contributed by atoms with Crippen LogP contribution < -0.4 is 4.74 Å². The van der Waals surface area contributed by atoms with Crippen molar-refractivity contribution in [2.24, 2.45) is 0 Å². The Morgan fingerprint density at radius 3 is 2.72 bits per heavy atom. The number of ketones is 1. The summed E-state index contributed by atoms with van der Waals surface area (Å²) in [5.74, 6) is -0.103. The molecule has 0 aliphatic rings. The summed E-state index contributed by atoms with van der Waals surface area (Å²) in [5, 5.41) is 0. The highest BCUT2D eigenvalue weighted by atomic mass is 16.6. The Morgan fingerprint density at radius 1 is 1.16 bits per heavy atom. The van der Waals surface area contributed by atoms with Crippen LogP contribution >= 0.6 is 0 Å². The van der Waals surface area contributed by atoms with Gasteiger partial charge in [-0.25, -0.2) is 9.78 Å². The zero-order valence-electron chi connectivity index (χ0n) is 13.6. The number of carbonyl (C=O) groups is 2. The summed E-state index contributed by atoms with van der Waals surface area (Å²) in [4.78, 5) is 27.6. The van der Waals surface area contributed by atoms with E-state index in [0.717, 1.165) is 11.3 Å². The van der Waals surface area contributed by atoms with Crippen LogP contribution in [0.1, 0.15) is 16.1 Å². The molecule has 3 aromatic rings. The SMILES string of the molecule is COC(=O)COc1ccc(C(=O)C=Cc2cnc3ccccn23)cc1. The van der Waals surface area contributed by atoms with Gasteiger partial charge in [0.05, 0.1) is 19.0 Å². The number of allylic oxidation sites excluding steroid dienone is 1. The van der Waals surface area contributed by atoms with E-state index in [4.69, 9.17) is 4.74 Å². The van der Waals surface area contributed by atoms with Gasteiger partial charge in [0.15, 0.2) is 12.4 Å².